The van der Waals surface area contributed by atoms with E-state index >= 15 is 0 Å². The van der Waals surface area contributed by atoms with Crippen molar-refractivity contribution in [1.29, 1.82) is 0 Å². The fourth-order valence-electron chi connectivity index (χ4n) is 3.60. The van der Waals surface area contributed by atoms with E-state index in [0.29, 0.717) is 17.1 Å². The fourth-order valence-corrected chi connectivity index (χ4v) is 3.73. The number of carbonyl (C=O) groups is 3. The third-order valence-electron chi connectivity index (χ3n) is 5.32. The molecule has 7 nitrogen and oxygen atoms in total. The van der Waals surface area contributed by atoms with E-state index in [4.69, 9.17) is 11.6 Å². The van der Waals surface area contributed by atoms with Crippen LogP contribution in [0.3, 0.4) is 0 Å². The molecule has 0 bridgehead atoms. The highest BCUT2D eigenvalue weighted by Gasteiger charge is 2.39. The van der Waals surface area contributed by atoms with Crippen molar-refractivity contribution in [1.82, 2.24) is 9.88 Å². The van der Waals surface area contributed by atoms with Crippen molar-refractivity contribution >= 4 is 41.0 Å². The maximum Gasteiger partial charge on any atom is 0.417 e. The Bertz CT molecular complexity index is 1260. The number of benzene rings is 2. The summed E-state index contributed by atoms with van der Waals surface area (Å²) in [6.07, 6.45) is -3.13. The lowest BCUT2D eigenvalue weighted by atomic mass is 10.1. The van der Waals surface area contributed by atoms with Crippen molar-refractivity contribution in [3.8, 4) is 0 Å². The number of amides is 4. The number of halogens is 4. The predicted molar refractivity (Wildman–Crippen MR) is 123 cm³/mol. The number of anilines is 2. The SMILES string of the molecule is O=C(Nc1ccc(Cl)cc1)c1ccc(N2CCCN(C(=O)c3ccccc3C(F)(F)F)C2=O)nc1. The molecule has 0 unspecified atom stereocenters. The molecule has 0 aliphatic carbocycles. The number of alkyl halides is 3. The quantitative estimate of drug-likeness (QED) is 0.512. The van der Waals surface area contributed by atoms with Gasteiger partial charge in [0.25, 0.3) is 11.8 Å². The largest absolute Gasteiger partial charge is 0.417 e. The van der Waals surface area contributed by atoms with Crippen LogP contribution in [0, 0.1) is 0 Å². The molecule has 35 heavy (non-hydrogen) atoms. The van der Waals surface area contributed by atoms with Gasteiger partial charge >= 0.3 is 12.2 Å². The summed E-state index contributed by atoms with van der Waals surface area (Å²) >= 11 is 5.83. The maximum atomic E-state index is 13.4. The third kappa shape index (κ3) is 5.27. The molecule has 1 aliphatic heterocycles. The number of nitrogens with zero attached hydrogens (tertiary/aromatic N) is 3. The van der Waals surface area contributed by atoms with E-state index < -0.39 is 35.1 Å². The number of hydrogen-bond acceptors (Lipinski definition) is 4. The van der Waals surface area contributed by atoms with E-state index in [1.165, 1.54) is 35.4 Å². The van der Waals surface area contributed by atoms with Gasteiger partial charge in [-0.15, -0.1) is 0 Å². The number of pyridine rings is 1. The summed E-state index contributed by atoms with van der Waals surface area (Å²) in [6.45, 7) is 0.189. The van der Waals surface area contributed by atoms with Gasteiger partial charge in [0, 0.05) is 30.0 Å². The monoisotopic (exact) mass is 502 g/mol. The first-order valence-corrected chi connectivity index (χ1v) is 10.9. The molecule has 2 heterocycles. The predicted octanol–water partition coefficient (Wildman–Crippen LogP) is 5.48. The molecule has 3 aromatic rings. The molecule has 1 aliphatic rings. The molecule has 11 heteroatoms. The molecule has 2 aromatic carbocycles. The van der Waals surface area contributed by atoms with Gasteiger partial charge in [0.05, 0.1) is 16.7 Å². The topological polar surface area (TPSA) is 82.6 Å². The molecule has 1 saturated heterocycles. The normalized spacial score (nSPS) is 14.1. The lowest BCUT2D eigenvalue weighted by Gasteiger charge is -2.34. The van der Waals surface area contributed by atoms with Gasteiger partial charge in [0.1, 0.15) is 5.82 Å². The summed E-state index contributed by atoms with van der Waals surface area (Å²) in [7, 11) is 0. The molecule has 0 spiro atoms. The molecule has 0 radical (unpaired) electrons. The highest BCUT2D eigenvalue weighted by atomic mass is 35.5. The highest BCUT2D eigenvalue weighted by molar-refractivity contribution is 6.30. The standard InChI is InChI=1S/C24H18ClF3N4O3/c25-16-7-9-17(10-8-16)30-21(33)15-6-11-20(29-14-15)31-12-3-13-32(23(31)35)22(34)18-4-1-2-5-19(18)24(26,27)28/h1-2,4-11,14H,3,12-13H2,(H,30,33). The van der Waals surface area contributed by atoms with Crippen LogP contribution in [0.5, 0.6) is 0 Å². The van der Waals surface area contributed by atoms with Gasteiger partial charge < -0.3 is 5.32 Å². The summed E-state index contributed by atoms with van der Waals surface area (Å²) in [5, 5.41) is 3.21. The van der Waals surface area contributed by atoms with Crippen LogP contribution in [0.25, 0.3) is 0 Å². The third-order valence-corrected chi connectivity index (χ3v) is 5.57. The first-order valence-electron chi connectivity index (χ1n) is 10.5. The molecular formula is C24H18ClF3N4O3. The molecular weight excluding hydrogens is 485 g/mol. The van der Waals surface area contributed by atoms with Crippen LogP contribution >= 0.6 is 11.6 Å². The second kappa shape index (κ2) is 9.75. The van der Waals surface area contributed by atoms with E-state index in [0.717, 1.165) is 17.0 Å². The molecule has 1 aromatic heterocycles. The first kappa shape index (κ1) is 24.2. The van der Waals surface area contributed by atoms with Crippen molar-refractivity contribution in [3.05, 3.63) is 88.6 Å². The Morgan fingerprint density at radius 3 is 2.34 bits per heavy atom. The lowest BCUT2D eigenvalue weighted by molar-refractivity contribution is -0.138. The Labute approximate surface area is 203 Å². The van der Waals surface area contributed by atoms with Crippen molar-refractivity contribution in [2.24, 2.45) is 0 Å². The number of hydrogen-bond donors (Lipinski definition) is 1. The Morgan fingerprint density at radius 2 is 1.69 bits per heavy atom. The second-order valence-corrected chi connectivity index (χ2v) is 8.09. The molecule has 4 rings (SSSR count). The number of imide groups is 1. The van der Waals surface area contributed by atoms with Gasteiger partial charge in [-0.3, -0.25) is 19.4 Å². The Morgan fingerprint density at radius 1 is 0.971 bits per heavy atom. The summed E-state index contributed by atoms with van der Waals surface area (Å²) in [5.74, 6) is -1.30. The number of rotatable bonds is 4. The van der Waals surface area contributed by atoms with Crippen LogP contribution in [0.4, 0.5) is 29.5 Å². The van der Waals surface area contributed by atoms with Crippen LogP contribution in [0.1, 0.15) is 32.7 Å². The zero-order chi connectivity index (χ0) is 25.2. The number of aromatic nitrogens is 1. The van der Waals surface area contributed by atoms with Crippen LogP contribution in [0.2, 0.25) is 5.02 Å². The van der Waals surface area contributed by atoms with E-state index in [2.05, 4.69) is 10.3 Å². The Balaban J connectivity index is 1.50. The smallest absolute Gasteiger partial charge is 0.322 e. The molecule has 1 fully saturated rings. The van der Waals surface area contributed by atoms with Crippen LogP contribution in [0.15, 0.2) is 66.9 Å². The minimum absolute atomic E-state index is 0.0259. The van der Waals surface area contributed by atoms with Gasteiger partial charge in [0.15, 0.2) is 0 Å². The summed E-state index contributed by atoms with van der Waals surface area (Å²) in [5.41, 5.74) is -0.954. The molecule has 0 saturated carbocycles. The zero-order valence-electron chi connectivity index (χ0n) is 18.1. The molecule has 1 N–H and O–H groups in total. The van der Waals surface area contributed by atoms with Crippen molar-refractivity contribution in [2.45, 2.75) is 12.6 Å². The summed E-state index contributed by atoms with van der Waals surface area (Å²) in [4.78, 5) is 44.5. The number of urea groups is 1. The van der Waals surface area contributed by atoms with Gasteiger partial charge in [-0.25, -0.2) is 9.78 Å². The Hall–Kier alpha value is -3.92. The molecule has 180 valence electrons. The van der Waals surface area contributed by atoms with Crippen molar-refractivity contribution < 1.29 is 27.6 Å². The van der Waals surface area contributed by atoms with Gasteiger partial charge in [-0.05, 0) is 55.0 Å². The van der Waals surface area contributed by atoms with E-state index in [9.17, 15) is 27.6 Å². The second-order valence-electron chi connectivity index (χ2n) is 7.65. The highest BCUT2D eigenvalue weighted by Crippen LogP contribution is 2.33. The van der Waals surface area contributed by atoms with Crippen molar-refractivity contribution in [3.63, 3.8) is 0 Å². The van der Waals surface area contributed by atoms with Gasteiger partial charge in [-0.2, -0.15) is 13.2 Å². The first-order chi connectivity index (χ1) is 16.6. The van der Waals surface area contributed by atoms with Crippen LogP contribution in [-0.2, 0) is 6.18 Å². The van der Waals surface area contributed by atoms with Gasteiger partial charge in [0.2, 0.25) is 0 Å². The molecule has 0 atom stereocenters. The minimum atomic E-state index is -4.74. The van der Waals surface area contributed by atoms with E-state index in [1.807, 2.05) is 0 Å². The van der Waals surface area contributed by atoms with E-state index in [1.54, 1.807) is 24.3 Å². The van der Waals surface area contributed by atoms with E-state index in [-0.39, 0.29) is 24.5 Å². The number of nitrogens with one attached hydrogen (secondary N) is 1. The summed E-state index contributed by atoms with van der Waals surface area (Å²) in [6, 6.07) is 13.0. The van der Waals surface area contributed by atoms with Gasteiger partial charge in [-0.1, -0.05) is 23.7 Å². The summed E-state index contributed by atoms with van der Waals surface area (Å²) < 4.78 is 40.1. The fraction of sp³-hybridized carbons (Fsp3) is 0.167. The average molecular weight is 503 g/mol. The Kier molecular flexibility index (Phi) is 6.74. The van der Waals surface area contributed by atoms with Crippen LogP contribution in [-0.4, -0.2) is 40.8 Å². The average Bonchev–Trinajstić information content (AvgIpc) is 2.85. The maximum absolute atomic E-state index is 13.4. The zero-order valence-corrected chi connectivity index (χ0v) is 18.8. The number of carbonyl (C=O) groups excluding carboxylic acids is 3. The van der Waals surface area contributed by atoms with Crippen LogP contribution < -0.4 is 10.2 Å². The molecule has 4 amide bonds. The lowest BCUT2D eigenvalue weighted by Crippen LogP contribution is -2.52. The minimum Gasteiger partial charge on any atom is -0.322 e. The van der Waals surface area contributed by atoms with Crippen molar-refractivity contribution in [2.75, 3.05) is 23.3 Å².